The third-order valence-corrected chi connectivity index (χ3v) is 7.28. The molecule has 0 radical (unpaired) electrons. The highest BCUT2D eigenvalue weighted by Crippen LogP contribution is 2.51. The summed E-state index contributed by atoms with van der Waals surface area (Å²) in [6.07, 6.45) is 9.77. The highest BCUT2D eigenvalue weighted by molar-refractivity contribution is 5.99. The molecule has 5 rings (SSSR count). The molecule has 0 bridgehead atoms. The Bertz CT molecular complexity index is 1140. The maximum atomic E-state index is 13.1. The van der Waals surface area contributed by atoms with Crippen molar-refractivity contribution < 1.29 is 14.6 Å². The Morgan fingerprint density at radius 2 is 2.13 bits per heavy atom. The van der Waals surface area contributed by atoms with E-state index in [1.54, 1.807) is 19.3 Å². The van der Waals surface area contributed by atoms with Crippen molar-refractivity contribution in [2.24, 2.45) is 11.1 Å². The summed E-state index contributed by atoms with van der Waals surface area (Å²) in [5.74, 6) is -0.602. The van der Waals surface area contributed by atoms with E-state index in [0.29, 0.717) is 23.2 Å². The SMILES string of the molecule is C=Cc1cc2c(=O)c(C(=O)O)cn(C3CC3)c2c(OC)c1N1C[C@@H](N)CC2(CCC2)C1. The van der Waals surface area contributed by atoms with Crippen LogP contribution < -0.4 is 20.8 Å². The molecule has 3 aliphatic rings. The van der Waals surface area contributed by atoms with Crippen LogP contribution in [0.1, 0.15) is 60.5 Å². The zero-order valence-electron chi connectivity index (χ0n) is 17.9. The van der Waals surface area contributed by atoms with Crippen LogP contribution in [0.4, 0.5) is 5.69 Å². The van der Waals surface area contributed by atoms with Gasteiger partial charge in [0.1, 0.15) is 5.56 Å². The number of anilines is 1. The van der Waals surface area contributed by atoms with Gasteiger partial charge in [-0.05, 0) is 43.6 Å². The Morgan fingerprint density at radius 1 is 1.39 bits per heavy atom. The quantitative estimate of drug-likeness (QED) is 0.765. The minimum absolute atomic E-state index is 0.0760. The predicted molar refractivity (Wildman–Crippen MR) is 121 cm³/mol. The molecule has 2 aliphatic carbocycles. The highest BCUT2D eigenvalue weighted by Gasteiger charge is 2.44. The summed E-state index contributed by atoms with van der Waals surface area (Å²) in [4.78, 5) is 27.1. The van der Waals surface area contributed by atoms with Crippen molar-refractivity contribution in [1.82, 2.24) is 4.57 Å². The molecule has 2 saturated carbocycles. The second-order valence-corrected chi connectivity index (χ2v) is 9.46. The predicted octanol–water partition coefficient (Wildman–Crippen LogP) is 3.39. The Labute approximate surface area is 181 Å². The van der Waals surface area contributed by atoms with Crippen molar-refractivity contribution in [1.29, 1.82) is 0 Å². The lowest BCUT2D eigenvalue weighted by atomic mass is 9.63. The molecule has 1 aromatic heterocycles. The van der Waals surface area contributed by atoms with E-state index in [-0.39, 0.29) is 23.1 Å². The van der Waals surface area contributed by atoms with E-state index < -0.39 is 11.4 Å². The number of pyridine rings is 1. The minimum Gasteiger partial charge on any atom is -0.492 e. The summed E-state index contributed by atoms with van der Waals surface area (Å²) in [5, 5.41) is 9.96. The van der Waals surface area contributed by atoms with Gasteiger partial charge in [0.25, 0.3) is 0 Å². The van der Waals surface area contributed by atoms with Crippen LogP contribution in [0.5, 0.6) is 5.75 Å². The number of ether oxygens (including phenoxy) is 1. The maximum absolute atomic E-state index is 13.1. The highest BCUT2D eigenvalue weighted by atomic mass is 16.5. The number of benzene rings is 1. The van der Waals surface area contributed by atoms with Gasteiger partial charge in [0.15, 0.2) is 5.75 Å². The smallest absolute Gasteiger partial charge is 0.341 e. The standard InChI is InChI=1S/C24H29N3O4/c1-3-14-9-17-20(27(16-5-6-16)12-18(21(17)28)23(29)30)22(31-2)19(14)26-11-15(25)10-24(13-26)7-4-8-24/h3,9,12,15-16H,1,4-8,10-11,13,25H2,2H3,(H,29,30)/t15-/m0/s1. The summed E-state index contributed by atoms with van der Waals surface area (Å²) in [7, 11) is 1.61. The van der Waals surface area contributed by atoms with E-state index in [1.165, 1.54) is 25.5 Å². The van der Waals surface area contributed by atoms with Crippen molar-refractivity contribution in [2.75, 3.05) is 25.1 Å². The first-order valence-electron chi connectivity index (χ1n) is 11.0. The molecule has 7 heteroatoms. The molecule has 1 atom stereocenters. The number of carboxylic acid groups (broad SMARTS) is 1. The van der Waals surface area contributed by atoms with Gasteiger partial charge in [-0.3, -0.25) is 4.79 Å². The number of hydrogen-bond acceptors (Lipinski definition) is 5. The van der Waals surface area contributed by atoms with Gasteiger partial charge in [0.05, 0.1) is 23.7 Å². The summed E-state index contributed by atoms with van der Waals surface area (Å²) >= 11 is 0. The molecule has 164 valence electrons. The maximum Gasteiger partial charge on any atom is 0.341 e. The fourth-order valence-corrected chi connectivity index (χ4v) is 5.61. The van der Waals surface area contributed by atoms with E-state index in [4.69, 9.17) is 10.5 Å². The summed E-state index contributed by atoms with van der Waals surface area (Å²) in [5.41, 5.74) is 8.38. The van der Waals surface area contributed by atoms with Crippen LogP contribution in [0.25, 0.3) is 17.0 Å². The van der Waals surface area contributed by atoms with Gasteiger partial charge in [-0.2, -0.15) is 0 Å². The van der Waals surface area contributed by atoms with E-state index in [0.717, 1.165) is 37.1 Å². The van der Waals surface area contributed by atoms with Crippen molar-refractivity contribution in [3.8, 4) is 5.75 Å². The Morgan fingerprint density at radius 3 is 2.68 bits per heavy atom. The van der Waals surface area contributed by atoms with Crippen LogP contribution in [-0.4, -0.2) is 41.9 Å². The molecule has 1 aliphatic heterocycles. The molecule has 7 nitrogen and oxygen atoms in total. The monoisotopic (exact) mass is 423 g/mol. The molecule has 2 aromatic rings. The lowest BCUT2D eigenvalue weighted by molar-refractivity contribution is 0.0694. The van der Waals surface area contributed by atoms with Crippen molar-refractivity contribution in [2.45, 2.75) is 50.6 Å². The number of aromatic nitrogens is 1. The van der Waals surface area contributed by atoms with E-state index in [2.05, 4.69) is 11.5 Å². The van der Waals surface area contributed by atoms with Crippen molar-refractivity contribution >= 4 is 28.6 Å². The summed E-state index contributed by atoms with van der Waals surface area (Å²) < 4.78 is 7.87. The molecule has 1 saturated heterocycles. The van der Waals surface area contributed by atoms with Crippen LogP contribution in [-0.2, 0) is 0 Å². The van der Waals surface area contributed by atoms with Gasteiger partial charge in [-0.25, -0.2) is 4.79 Å². The fourth-order valence-electron chi connectivity index (χ4n) is 5.61. The van der Waals surface area contributed by atoms with Crippen molar-refractivity contribution in [3.05, 3.63) is 40.2 Å². The number of hydrogen-bond donors (Lipinski definition) is 2. The van der Waals surface area contributed by atoms with Gasteiger partial charge in [-0.1, -0.05) is 19.1 Å². The number of fused-ring (bicyclic) bond motifs is 1. The van der Waals surface area contributed by atoms with Crippen LogP contribution in [0.3, 0.4) is 0 Å². The Balaban J connectivity index is 1.78. The van der Waals surface area contributed by atoms with Gasteiger partial charge in [0.2, 0.25) is 5.43 Å². The molecule has 3 N–H and O–H groups in total. The van der Waals surface area contributed by atoms with Gasteiger partial charge in [-0.15, -0.1) is 0 Å². The average molecular weight is 424 g/mol. The number of carbonyl (C=O) groups is 1. The first kappa shape index (κ1) is 20.1. The van der Waals surface area contributed by atoms with E-state index in [9.17, 15) is 14.7 Å². The molecule has 2 heterocycles. The summed E-state index contributed by atoms with van der Waals surface area (Å²) in [6, 6.07) is 2.03. The van der Waals surface area contributed by atoms with Crippen molar-refractivity contribution in [3.63, 3.8) is 0 Å². The van der Waals surface area contributed by atoms with Gasteiger partial charge in [0, 0.05) is 36.9 Å². The zero-order chi connectivity index (χ0) is 21.9. The van der Waals surface area contributed by atoms with E-state index >= 15 is 0 Å². The third kappa shape index (κ3) is 3.14. The second-order valence-electron chi connectivity index (χ2n) is 9.46. The Kier molecular flexibility index (Phi) is 4.62. The molecular weight excluding hydrogens is 394 g/mol. The molecule has 31 heavy (non-hydrogen) atoms. The third-order valence-electron chi connectivity index (χ3n) is 7.28. The summed E-state index contributed by atoms with van der Waals surface area (Å²) in [6.45, 7) is 5.60. The first-order chi connectivity index (χ1) is 14.9. The molecule has 0 unspecified atom stereocenters. The topological polar surface area (TPSA) is 97.8 Å². The van der Waals surface area contributed by atoms with Gasteiger partial charge < -0.3 is 25.0 Å². The molecule has 1 aromatic carbocycles. The molecule has 3 fully saturated rings. The number of nitrogens with two attached hydrogens (primary N) is 1. The number of rotatable bonds is 5. The number of aromatic carboxylic acids is 1. The average Bonchev–Trinajstić information content (AvgIpc) is 3.56. The normalized spacial score (nSPS) is 22.4. The fraction of sp³-hybridized carbons (Fsp3) is 0.500. The molecular formula is C24H29N3O4. The lowest BCUT2D eigenvalue weighted by Crippen LogP contribution is -2.55. The van der Waals surface area contributed by atoms with Crippen LogP contribution >= 0.6 is 0 Å². The van der Waals surface area contributed by atoms with E-state index in [1.807, 2.05) is 4.57 Å². The minimum atomic E-state index is -1.21. The van der Waals surface area contributed by atoms with Crippen LogP contribution in [0, 0.1) is 5.41 Å². The second kappa shape index (κ2) is 7.12. The van der Waals surface area contributed by atoms with Gasteiger partial charge >= 0.3 is 5.97 Å². The largest absolute Gasteiger partial charge is 0.492 e. The Hall–Kier alpha value is -2.80. The zero-order valence-corrected chi connectivity index (χ0v) is 17.9. The van der Waals surface area contributed by atoms with Crippen LogP contribution in [0.2, 0.25) is 0 Å². The number of piperidine rings is 1. The number of methoxy groups -OCH3 is 1. The number of nitrogens with zero attached hydrogens (tertiary/aromatic N) is 2. The number of carboxylic acids is 1. The lowest BCUT2D eigenvalue weighted by Gasteiger charge is -2.52. The molecule has 1 spiro atoms. The van der Waals surface area contributed by atoms with Crippen LogP contribution in [0.15, 0.2) is 23.6 Å². The molecule has 0 amide bonds. The first-order valence-corrected chi connectivity index (χ1v) is 11.0.